The first kappa shape index (κ1) is 25.5. The molecule has 0 fully saturated rings. The molecule has 0 aliphatic heterocycles. The predicted octanol–water partition coefficient (Wildman–Crippen LogP) is -2.68. The molecule has 10 nitrogen and oxygen atoms in total. The quantitative estimate of drug-likeness (QED) is 0.0558. The second-order valence-electron chi connectivity index (χ2n) is 5.11. The largest absolute Gasteiger partial charge is 0.394 e. The van der Waals surface area contributed by atoms with Crippen LogP contribution in [0.25, 0.3) is 0 Å². The zero-order valence-electron chi connectivity index (χ0n) is 13.9. The molecule has 13 heteroatoms. The van der Waals surface area contributed by atoms with Gasteiger partial charge in [0.25, 0.3) is 0 Å². The van der Waals surface area contributed by atoms with Gasteiger partial charge < -0.3 is 35.3 Å². The Kier molecular flexibility index (Phi) is 13.4. The molecule has 0 aromatic heterocycles. The van der Waals surface area contributed by atoms with E-state index in [9.17, 15) is 25.2 Å². The lowest BCUT2D eigenvalue weighted by molar-refractivity contribution is -0.149. The molecule has 0 aliphatic rings. The first-order valence-electron chi connectivity index (χ1n) is 7.34. The summed E-state index contributed by atoms with van der Waals surface area (Å²) in [6, 6.07) is -1.02. The van der Waals surface area contributed by atoms with E-state index in [4.69, 9.17) is 28.4 Å². The van der Waals surface area contributed by atoms with Crippen molar-refractivity contribution in [2.24, 2.45) is 11.0 Å². The van der Waals surface area contributed by atoms with Crippen molar-refractivity contribution < 1.29 is 35.2 Å². The minimum absolute atomic E-state index is 0.0167. The van der Waals surface area contributed by atoms with Crippen molar-refractivity contribution in [3.8, 4) is 0 Å². The van der Waals surface area contributed by atoms with E-state index in [1.54, 1.807) is 6.08 Å². The fourth-order valence-electron chi connectivity index (χ4n) is 1.90. The van der Waals surface area contributed by atoms with Crippen molar-refractivity contribution in [3.63, 3.8) is 0 Å². The van der Waals surface area contributed by atoms with Crippen molar-refractivity contribution in [3.05, 3.63) is 12.7 Å². The Morgan fingerprint density at radius 3 is 2.31 bits per heavy atom. The molecule has 9 N–H and O–H groups in total. The van der Waals surface area contributed by atoms with E-state index in [1.807, 2.05) is 0 Å². The molecule has 0 bridgehead atoms. The number of aliphatic hydroxyl groups excluding tert-OH is 5. The highest BCUT2D eigenvalue weighted by atomic mass is 32.2. The number of carbonyl (C=O) groups excluding carboxylic acids is 1. The molecule has 0 aliphatic carbocycles. The number of thiocarbonyl (C=S) groups is 1. The van der Waals surface area contributed by atoms with Crippen molar-refractivity contribution in [1.29, 1.82) is 0 Å². The van der Waals surface area contributed by atoms with Gasteiger partial charge in [0.15, 0.2) is 4.32 Å². The maximum Gasteiger partial charge on any atom is 0.348 e. The van der Waals surface area contributed by atoms with Crippen LogP contribution in [0, 0.1) is 0 Å². The van der Waals surface area contributed by atoms with Gasteiger partial charge in [0.2, 0.25) is 0 Å². The summed E-state index contributed by atoms with van der Waals surface area (Å²) in [5.41, 5.74) is 0. The minimum atomic E-state index is -1.82. The highest BCUT2D eigenvalue weighted by molar-refractivity contribution is 8.21. The molecule has 0 amide bonds. The average molecular weight is 432 g/mol. The van der Waals surface area contributed by atoms with Gasteiger partial charge in [-0.25, -0.2) is 4.79 Å². The second kappa shape index (κ2) is 13.7. The Labute approximate surface area is 165 Å². The third kappa shape index (κ3) is 8.04. The van der Waals surface area contributed by atoms with E-state index in [2.05, 4.69) is 11.4 Å². The van der Waals surface area contributed by atoms with Crippen LogP contribution in [-0.4, -0.2) is 95.8 Å². The molecule has 152 valence electrons. The van der Waals surface area contributed by atoms with Crippen molar-refractivity contribution in [2.75, 3.05) is 24.7 Å². The van der Waals surface area contributed by atoms with Crippen LogP contribution in [0.3, 0.4) is 0 Å². The molecular weight excluding hydrogens is 406 g/mol. The van der Waals surface area contributed by atoms with E-state index in [1.165, 1.54) is 16.7 Å². The van der Waals surface area contributed by atoms with Gasteiger partial charge in [-0.1, -0.05) is 18.3 Å². The Bertz CT molecular complexity index is 461. The van der Waals surface area contributed by atoms with E-state index in [0.29, 0.717) is 17.7 Å². The van der Waals surface area contributed by atoms with Gasteiger partial charge in [0.1, 0.15) is 30.5 Å². The van der Waals surface area contributed by atoms with Gasteiger partial charge in [-0.3, -0.25) is 5.14 Å². The summed E-state index contributed by atoms with van der Waals surface area (Å²) in [6.07, 6.45) is -5.29. The standard InChI is InChI=1S/C13H25N3O7S3/c1-2-3-25-6-7(12(22)23-14)16(13(24)26-15)4-8(18)10(20)11(21)9(19)5-17/h2,7-11,17-21H,1,3-6,14-15H2. The zero-order valence-corrected chi connectivity index (χ0v) is 16.3. The minimum Gasteiger partial charge on any atom is -0.394 e. The van der Waals surface area contributed by atoms with Crippen molar-refractivity contribution in [1.82, 2.24) is 4.90 Å². The number of aliphatic hydroxyl groups is 5. The van der Waals surface area contributed by atoms with Crippen LogP contribution in [0.1, 0.15) is 0 Å². The lowest BCUT2D eigenvalue weighted by Crippen LogP contribution is -2.54. The summed E-state index contributed by atoms with van der Waals surface area (Å²) in [4.78, 5) is 17.5. The first-order chi connectivity index (χ1) is 12.2. The molecule has 0 saturated heterocycles. The van der Waals surface area contributed by atoms with Crippen LogP contribution < -0.4 is 11.0 Å². The number of nitrogens with zero attached hydrogens (tertiary/aromatic N) is 1. The SMILES string of the molecule is C=CCSCC(C(=O)ON)N(CC(O)C(O)C(O)C(O)CO)C(=S)SN. The fourth-order valence-corrected chi connectivity index (χ4v) is 3.28. The number of thioether (sulfide) groups is 1. The summed E-state index contributed by atoms with van der Waals surface area (Å²) in [5.74, 6) is 4.82. The van der Waals surface area contributed by atoms with Gasteiger partial charge in [0.05, 0.1) is 6.61 Å². The molecular formula is C13H25N3O7S3. The van der Waals surface area contributed by atoms with Gasteiger partial charge in [-0.05, 0) is 11.9 Å². The van der Waals surface area contributed by atoms with Gasteiger partial charge in [0, 0.05) is 18.1 Å². The van der Waals surface area contributed by atoms with Gasteiger partial charge in [-0.2, -0.15) is 17.7 Å². The van der Waals surface area contributed by atoms with E-state index < -0.39 is 49.6 Å². The maximum atomic E-state index is 12.0. The van der Waals surface area contributed by atoms with E-state index >= 15 is 0 Å². The van der Waals surface area contributed by atoms with Crippen molar-refractivity contribution >= 4 is 46.2 Å². The maximum absolute atomic E-state index is 12.0. The predicted molar refractivity (Wildman–Crippen MR) is 104 cm³/mol. The molecule has 0 rings (SSSR count). The smallest absolute Gasteiger partial charge is 0.348 e. The normalized spacial score (nSPS) is 16.9. The van der Waals surface area contributed by atoms with Gasteiger partial charge >= 0.3 is 5.97 Å². The van der Waals surface area contributed by atoms with Crippen LogP contribution in [-0.2, 0) is 9.63 Å². The van der Waals surface area contributed by atoms with Crippen LogP contribution in [0.4, 0.5) is 0 Å². The topological polar surface area (TPSA) is 183 Å². The Hall–Kier alpha value is -0.480. The monoisotopic (exact) mass is 431 g/mol. The average Bonchev–Trinajstić information content (AvgIpc) is 2.66. The summed E-state index contributed by atoms with van der Waals surface area (Å²) in [6.45, 7) is 2.34. The van der Waals surface area contributed by atoms with Gasteiger partial charge in [-0.15, -0.1) is 6.58 Å². The summed E-state index contributed by atoms with van der Waals surface area (Å²) in [7, 11) is 0. The Balaban J connectivity index is 5.33. The van der Waals surface area contributed by atoms with Crippen LogP contribution >= 0.6 is 35.9 Å². The van der Waals surface area contributed by atoms with E-state index in [0.717, 1.165) is 0 Å². The number of hydrogen-bond donors (Lipinski definition) is 7. The third-order valence-electron chi connectivity index (χ3n) is 3.32. The lowest BCUT2D eigenvalue weighted by atomic mass is 10.0. The third-order valence-corrected chi connectivity index (χ3v) is 5.30. The Morgan fingerprint density at radius 1 is 1.27 bits per heavy atom. The molecule has 26 heavy (non-hydrogen) atoms. The summed E-state index contributed by atoms with van der Waals surface area (Å²) in [5, 5.41) is 53.5. The van der Waals surface area contributed by atoms with Crippen molar-refractivity contribution in [2.45, 2.75) is 30.5 Å². The highest BCUT2D eigenvalue weighted by Crippen LogP contribution is 2.17. The number of hydrogen-bond acceptors (Lipinski definition) is 12. The second-order valence-corrected chi connectivity index (χ2v) is 7.46. The van der Waals surface area contributed by atoms with E-state index in [-0.39, 0.29) is 10.1 Å². The molecule has 0 aromatic carbocycles. The Morgan fingerprint density at radius 2 is 1.85 bits per heavy atom. The summed E-state index contributed by atoms with van der Waals surface area (Å²) >= 11 is 7.04. The molecule has 0 spiro atoms. The highest BCUT2D eigenvalue weighted by Gasteiger charge is 2.35. The lowest BCUT2D eigenvalue weighted by Gasteiger charge is -2.34. The molecule has 0 radical (unpaired) electrons. The van der Waals surface area contributed by atoms with Crippen LogP contribution in [0.5, 0.6) is 0 Å². The summed E-state index contributed by atoms with van der Waals surface area (Å²) < 4.78 is 0.0167. The fraction of sp³-hybridized carbons (Fsp3) is 0.692. The molecule has 0 aromatic rings. The molecule has 5 atom stereocenters. The number of nitrogens with two attached hydrogens (primary N) is 2. The number of carbonyl (C=O) groups is 1. The van der Waals surface area contributed by atoms with Crippen LogP contribution in [0.2, 0.25) is 0 Å². The molecule has 0 saturated carbocycles. The molecule has 0 heterocycles. The molecule has 5 unspecified atom stereocenters. The number of rotatable bonds is 12. The first-order valence-corrected chi connectivity index (χ1v) is 9.78. The zero-order chi connectivity index (χ0) is 20.3. The van der Waals surface area contributed by atoms with Crippen LogP contribution in [0.15, 0.2) is 12.7 Å².